The van der Waals surface area contributed by atoms with E-state index in [2.05, 4.69) is 15.9 Å². The number of aliphatic carboxylic acids is 1. The maximum absolute atomic E-state index is 12.6. The number of hydrogen-bond acceptors (Lipinski definition) is 3. The van der Waals surface area contributed by atoms with Crippen molar-refractivity contribution < 1.29 is 19.8 Å². The topological polar surface area (TPSA) is 77.8 Å². The molecular formula is C15H16BrNO4. The van der Waals surface area contributed by atoms with Crippen LogP contribution in [0.3, 0.4) is 0 Å². The van der Waals surface area contributed by atoms with Gasteiger partial charge >= 0.3 is 5.97 Å². The molecule has 2 fully saturated rings. The molecule has 2 N–H and O–H groups in total. The second-order valence-corrected chi connectivity index (χ2v) is 6.67. The molecule has 3 rings (SSSR count). The molecule has 6 heteroatoms. The summed E-state index contributed by atoms with van der Waals surface area (Å²) in [5.74, 6) is -1.17. The van der Waals surface area contributed by atoms with Gasteiger partial charge in [0.1, 0.15) is 11.8 Å². The fraction of sp³-hybridized carbons (Fsp3) is 0.467. The van der Waals surface area contributed by atoms with E-state index in [1.165, 1.54) is 17.0 Å². The van der Waals surface area contributed by atoms with E-state index in [0.717, 1.165) is 19.3 Å². The molecule has 3 atom stereocenters. The summed E-state index contributed by atoms with van der Waals surface area (Å²) >= 11 is 3.27. The van der Waals surface area contributed by atoms with Crippen molar-refractivity contribution in [3.63, 3.8) is 0 Å². The standard InChI is InChI=1S/C15H16BrNO4/c16-9-4-5-12(18)11(6-9)14(19)17-7-8-2-1-3-10(8)13(17)15(20)21/h4-6,8,10,13,18H,1-3,7H2,(H,20,21). The third kappa shape index (κ3) is 2.41. The fourth-order valence-electron chi connectivity index (χ4n) is 3.67. The molecule has 0 aromatic heterocycles. The SMILES string of the molecule is O=C(O)C1C2CCCC2CN1C(=O)c1cc(Br)ccc1O. The first kappa shape index (κ1) is 14.4. The van der Waals surface area contributed by atoms with Gasteiger partial charge in [-0.2, -0.15) is 0 Å². The zero-order valence-electron chi connectivity index (χ0n) is 11.3. The lowest BCUT2D eigenvalue weighted by molar-refractivity contribution is -0.142. The van der Waals surface area contributed by atoms with Gasteiger partial charge in [0.25, 0.3) is 5.91 Å². The van der Waals surface area contributed by atoms with Crippen LogP contribution in [0.4, 0.5) is 0 Å². The van der Waals surface area contributed by atoms with Crippen molar-refractivity contribution >= 4 is 27.8 Å². The first-order chi connectivity index (χ1) is 9.99. The van der Waals surface area contributed by atoms with Gasteiger partial charge in [-0.15, -0.1) is 0 Å². The molecule has 1 aliphatic heterocycles. The summed E-state index contributed by atoms with van der Waals surface area (Å²) in [5.41, 5.74) is 0.149. The van der Waals surface area contributed by atoms with E-state index in [-0.39, 0.29) is 23.1 Å². The summed E-state index contributed by atoms with van der Waals surface area (Å²) in [6.07, 6.45) is 2.86. The third-order valence-electron chi connectivity index (χ3n) is 4.59. The average Bonchev–Trinajstić information content (AvgIpc) is 3.00. The van der Waals surface area contributed by atoms with Gasteiger partial charge in [-0.1, -0.05) is 22.4 Å². The Bertz CT molecular complexity index is 603. The molecule has 0 radical (unpaired) electrons. The van der Waals surface area contributed by atoms with Gasteiger partial charge < -0.3 is 15.1 Å². The molecule has 2 aliphatic rings. The minimum atomic E-state index is -0.952. The van der Waals surface area contributed by atoms with E-state index in [0.29, 0.717) is 11.0 Å². The van der Waals surface area contributed by atoms with Crippen LogP contribution in [0.2, 0.25) is 0 Å². The lowest BCUT2D eigenvalue weighted by Gasteiger charge is -2.24. The number of halogens is 1. The zero-order chi connectivity index (χ0) is 15.1. The Kier molecular flexibility index (Phi) is 3.65. The van der Waals surface area contributed by atoms with Crippen molar-refractivity contribution in [3.8, 4) is 5.75 Å². The monoisotopic (exact) mass is 353 g/mol. The number of nitrogens with zero attached hydrogens (tertiary/aromatic N) is 1. The molecule has 0 spiro atoms. The Morgan fingerprint density at radius 2 is 2.05 bits per heavy atom. The van der Waals surface area contributed by atoms with Crippen LogP contribution in [0.1, 0.15) is 29.6 Å². The van der Waals surface area contributed by atoms with Crippen molar-refractivity contribution in [2.24, 2.45) is 11.8 Å². The van der Waals surface area contributed by atoms with Crippen LogP contribution in [0.5, 0.6) is 5.75 Å². The lowest BCUT2D eigenvalue weighted by atomic mass is 9.94. The highest BCUT2D eigenvalue weighted by Gasteiger charge is 2.49. The molecule has 1 saturated carbocycles. The smallest absolute Gasteiger partial charge is 0.326 e. The maximum atomic E-state index is 12.6. The van der Waals surface area contributed by atoms with Gasteiger partial charge in [-0.05, 0) is 42.9 Å². The van der Waals surface area contributed by atoms with E-state index >= 15 is 0 Å². The highest BCUT2D eigenvalue weighted by Crippen LogP contribution is 2.43. The molecule has 1 heterocycles. The van der Waals surface area contributed by atoms with E-state index in [4.69, 9.17) is 0 Å². The van der Waals surface area contributed by atoms with Gasteiger partial charge in [-0.25, -0.2) is 4.79 Å². The minimum absolute atomic E-state index is 0.0424. The Labute approximate surface area is 130 Å². The van der Waals surface area contributed by atoms with Crippen LogP contribution in [0.25, 0.3) is 0 Å². The molecule has 1 saturated heterocycles. The molecule has 5 nitrogen and oxygen atoms in total. The van der Waals surface area contributed by atoms with Crippen molar-refractivity contribution in [1.29, 1.82) is 0 Å². The quantitative estimate of drug-likeness (QED) is 0.855. The number of likely N-dealkylation sites (tertiary alicyclic amines) is 1. The fourth-order valence-corrected chi connectivity index (χ4v) is 4.03. The van der Waals surface area contributed by atoms with Gasteiger partial charge in [-0.3, -0.25) is 4.79 Å². The van der Waals surface area contributed by atoms with Crippen molar-refractivity contribution in [1.82, 2.24) is 4.90 Å². The molecule has 1 aromatic rings. The van der Waals surface area contributed by atoms with E-state index in [1.54, 1.807) is 6.07 Å². The number of amides is 1. The first-order valence-electron chi connectivity index (χ1n) is 7.01. The number of rotatable bonds is 2. The normalized spacial score (nSPS) is 27.7. The van der Waals surface area contributed by atoms with Crippen LogP contribution < -0.4 is 0 Å². The lowest BCUT2D eigenvalue weighted by Crippen LogP contribution is -2.43. The number of carboxylic acids is 1. The van der Waals surface area contributed by atoms with E-state index in [1.807, 2.05) is 0 Å². The number of phenolic OH excluding ortho intramolecular Hbond substituents is 1. The van der Waals surface area contributed by atoms with Crippen LogP contribution in [-0.2, 0) is 4.79 Å². The summed E-state index contributed by atoms with van der Waals surface area (Å²) < 4.78 is 0.676. The molecule has 3 unspecified atom stereocenters. The molecule has 1 aliphatic carbocycles. The summed E-state index contributed by atoms with van der Waals surface area (Å²) in [6, 6.07) is 3.83. The number of phenols is 1. The zero-order valence-corrected chi connectivity index (χ0v) is 12.9. The summed E-state index contributed by atoms with van der Waals surface area (Å²) in [5, 5.41) is 19.4. The second kappa shape index (κ2) is 5.33. The second-order valence-electron chi connectivity index (χ2n) is 5.76. The Balaban J connectivity index is 1.93. The summed E-state index contributed by atoms with van der Waals surface area (Å²) in [4.78, 5) is 25.6. The number of aromatic hydroxyl groups is 1. The molecular weight excluding hydrogens is 338 g/mol. The van der Waals surface area contributed by atoms with Crippen molar-refractivity contribution in [2.75, 3.05) is 6.54 Å². The number of hydrogen-bond donors (Lipinski definition) is 2. The van der Waals surface area contributed by atoms with E-state index < -0.39 is 17.9 Å². The van der Waals surface area contributed by atoms with Gasteiger partial charge in [0.15, 0.2) is 0 Å². The Morgan fingerprint density at radius 3 is 2.76 bits per heavy atom. The summed E-state index contributed by atoms with van der Waals surface area (Å²) in [6.45, 7) is 0.465. The first-order valence-corrected chi connectivity index (χ1v) is 7.80. The van der Waals surface area contributed by atoms with Crippen LogP contribution in [0.15, 0.2) is 22.7 Å². The number of carboxylic acid groups (broad SMARTS) is 1. The summed E-state index contributed by atoms with van der Waals surface area (Å²) in [7, 11) is 0. The average molecular weight is 354 g/mol. The predicted molar refractivity (Wildman–Crippen MR) is 79.1 cm³/mol. The third-order valence-corrected chi connectivity index (χ3v) is 5.09. The Hall–Kier alpha value is -1.56. The molecule has 112 valence electrons. The van der Waals surface area contributed by atoms with Gasteiger partial charge in [0.2, 0.25) is 0 Å². The minimum Gasteiger partial charge on any atom is -0.507 e. The largest absolute Gasteiger partial charge is 0.507 e. The molecule has 1 amide bonds. The van der Waals surface area contributed by atoms with Crippen molar-refractivity contribution in [3.05, 3.63) is 28.2 Å². The molecule has 0 bridgehead atoms. The van der Waals surface area contributed by atoms with Crippen LogP contribution in [-0.4, -0.2) is 39.6 Å². The molecule has 1 aromatic carbocycles. The highest BCUT2D eigenvalue weighted by molar-refractivity contribution is 9.10. The van der Waals surface area contributed by atoms with E-state index in [9.17, 15) is 19.8 Å². The molecule has 21 heavy (non-hydrogen) atoms. The van der Waals surface area contributed by atoms with Crippen LogP contribution >= 0.6 is 15.9 Å². The highest BCUT2D eigenvalue weighted by atomic mass is 79.9. The van der Waals surface area contributed by atoms with Gasteiger partial charge in [0.05, 0.1) is 5.56 Å². The number of benzene rings is 1. The predicted octanol–water partition coefficient (Wildman–Crippen LogP) is 2.48. The van der Waals surface area contributed by atoms with Crippen molar-refractivity contribution in [2.45, 2.75) is 25.3 Å². The number of fused-ring (bicyclic) bond motifs is 1. The van der Waals surface area contributed by atoms with Crippen LogP contribution in [0, 0.1) is 11.8 Å². The van der Waals surface area contributed by atoms with Gasteiger partial charge in [0, 0.05) is 11.0 Å². The number of carbonyl (C=O) groups is 2. The maximum Gasteiger partial charge on any atom is 0.326 e. The number of carbonyl (C=O) groups excluding carboxylic acids is 1. The Morgan fingerprint density at radius 1 is 1.29 bits per heavy atom.